The molecule has 0 aliphatic carbocycles. The highest BCUT2D eigenvalue weighted by Crippen LogP contribution is 2.14. The Morgan fingerprint density at radius 3 is 1.52 bits per heavy atom. The van der Waals surface area contributed by atoms with Gasteiger partial charge < -0.3 is 4.74 Å². The minimum Gasteiger partial charge on any atom is -0.465 e. The molecule has 0 amide bonds. The number of allylic oxidation sites excluding steroid dienone is 2. The zero-order valence-corrected chi connectivity index (χ0v) is 20.4. The zero-order valence-electron chi connectivity index (χ0n) is 19.5. The Labute approximate surface area is 188 Å². The Bertz CT molecular complexity index is 355. The van der Waals surface area contributed by atoms with Crippen LogP contribution >= 0.6 is 12.6 Å². The molecule has 0 rings (SSSR count). The van der Waals surface area contributed by atoms with Crippen LogP contribution in [0.15, 0.2) is 12.2 Å². The number of carbonyl (C=O) groups excluding carboxylic acids is 1. The largest absolute Gasteiger partial charge is 0.465 e. The third kappa shape index (κ3) is 25.5. The maximum absolute atomic E-state index is 11.3. The lowest BCUT2D eigenvalue weighted by Gasteiger charge is -2.03. The van der Waals surface area contributed by atoms with Gasteiger partial charge in [0, 0.05) is 12.2 Å². The summed E-state index contributed by atoms with van der Waals surface area (Å²) in [6, 6.07) is 0. The third-order valence-corrected chi connectivity index (χ3v) is 5.69. The quantitative estimate of drug-likeness (QED) is 0.0764. The van der Waals surface area contributed by atoms with Gasteiger partial charge in [0.05, 0.1) is 0 Å². The number of carbonyl (C=O) groups is 1. The molecule has 29 heavy (non-hydrogen) atoms. The summed E-state index contributed by atoms with van der Waals surface area (Å²) in [6.45, 7) is 2.71. The van der Waals surface area contributed by atoms with Gasteiger partial charge >= 0.3 is 5.97 Å². The molecule has 0 spiro atoms. The lowest BCUT2D eigenvalue weighted by atomic mass is 10.0. The van der Waals surface area contributed by atoms with Crippen molar-refractivity contribution >= 4 is 18.6 Å². The van der Waals surface area contributed by atoms with E-state index in [4.69, 9.17) is 4.74 Å². The van der Waals surface area contributed by atoms with Crippen molar-refractivity contribution in [3.8, 4) is 0 Å². The number of esters is 1. The van der Waals surface area contributed by atoms with E-state index in [1.807, 2.05) is 0 Å². The number of hydrogen-bond donors (Lipinski definition) is 1. The summed E-state index contributed by atoms with van der Waals surface area (Å²) in [5, 5.41) is 0. The molecule has 0 heterocycles. The summed E-state index contributed by atoms with van der Waals surface area (Å²) in [4.78, 5) is 11.3. The first-order valence-corrected chi connectivity index (χ1v) is 13.4. The smallest absolute Gasteiger partial charge is 0.306 e. The highest BCUT2D eigenvalue weighted by Gasteiger charge is 1.99. The molecule has 0 aliphatic rings. The van der Waals surface area contributed by atoms with Crippen molar-refractivity contribution in [3.63, 3.8) is 0 Å². The van der Waals surface area contributed by atoms with Crippen LogP contribution in [0.4, 0.5) is 0 Å². The SMILES string of the molecule is CCCCCCCCCCCCCCCCCCC/C=C/CCC(=O)OCCS. The Kier molecular flexibility index (Phi) is 25.2. The molecule has 0 radical (unpaired) electrons. The molecule has 0 aromatic rings. The predicted octanol–water partition coefficient (Wildman–Crippen LogP) is 8.84. The highest BCUT2D eigenvalue weighted by atomic mass is 32.1. The van der Waals surface area contributed by atoms with E-state index in [1.165, 1.54) is 109 Å². The van der Waals surface area contributed by atoms with Gasteiger partial charge in [-0.1, -0.05) is 122 Å². The summed E-state index contributed by atoms with van der Waals surface area (Å²) in [5.41, 5.74) is 0. The summed E-state index contributed by atoms with van der Waals surface area (Å²) in [7, 11) is 0. The van der Waals surface area contributed by atoms with E-state index in [9.17, 15) is 4.79 Å². The van der Waals surface area contributed by atoms with Crippen LogP contribution in [-0.2, 0) is 9.53 Å². The molecule has 0 bridgehead atoms. The van der Waals surface area contributed by atoms with Gasteiger partial charge in [0.2, 0.25) is 0 Å². The first kappa shape index (κ1) is 28.6. The second-order valence-corrected chi connectivity index (χ2v) is 8.85. The fourth-order valence-corrected chi connectivity index (χ4v) is 3.75. The van der Waals surface area contributed by atoms with Gasteiger partial charge in [-0.25, -0.2) is 0 Å². The number of thiol groups is 1. The topological polar surface area (TPSA) is 26.3 Å². The fourth-order valence-electron chi connectivity index (χ4n) is 3.66. The van der Waals surface area contributed by atoms with Crippen LogP contribution in [0.1, 0.15) is 135 Å². The van der Waals surface area contributed by atoms with E-state index < -0.39 is 0 Å². The lowest BCUT2D eigenvalue weighted by molar-refractivity contribution is -0.142. The standard InChI is InChI=1S/C26H50O2S/c1-2-3-4-5-6-7-8-9-10-11-12-13-14-15-16-17-18-19-20-21-22-23-26(27)28-24-25-29/h20-21,29H,2-19,22-25H2,1H3/b21-20+. The number of rotatable bonds is 23. The zero-order chi connectivity index (χ0) is 21.3. The van der Waals surface area contributed by atoms with E-state index >= 15 is 0 Å². The van der Waals surface area contributed by atoms with E-state index in [2.05, 4.69) is 31.7 Å². The first-order valence-electron chi connectivity index (χ1n) is 12.7. The fraction of sp³-hybridized carbons (Fsp3) is 0.885. The van der Waals surface area contributed by atoms with Crippen LogP contribution in [0.5, 0.6) is 0 Å². The minimum atomic E-state index is -0.110. The molecular weight excluding hydrogens is 376 g/mol. The Morgan fingerprint density at radius 2 is 1.07 bits per heavy atom. The molecule has 0 fully saturated rings. The van der Waals surface area contributed by atoms with Gasteiger partial charge in [0.25, 0.3) is 0 Å². The molecule has 0 atom stereocenters. The van der Waals surface area contributed by atoms with Crippen molar-refractivity contribution in [1.82, 2.24) is 0 Å². The molecule has 0 N–H and O–H groups in total. The molecule has 0 saturated carbocycles. The molecule has 3 heteroatoms. The van der Waals surface area contributed by atoms with Crippen molar-refractivity contribution in [1.29, 1.82) is 0 Å². The van der Waals surface area contributed by atoms with Crippen molar-refractivity contribution in [2.75, 3.05) is 12.4 Å². The minimum absolute atomic E-state index is 0.110. The Hall–Kier alpha value is -0.440. The average molecular weight is 427 g/mol. The number of ether oxygens (including phenoxy) is 1. The van der Waals surface area contributed by atoms with E-state index in [-0.39, 0.29) is 5.97 Å². The van der Waals surface area contributed by atoms with Gasteiger partial charge in [-0.05, 0) is 19.3 Å². The molecule has 0 saturated heterocycles. The van der Waals surface area contributed by atoms with E-state index in [0.717, 1.165) is 12.8 Å². The summed E-state index contributed by atoms with van der Waals surface area (Å²) in [6.07, 6.45) is 30.9. The van der Waals surface area contributed by atoms with Gasteiger partial charge in [0.1, 0.15) is 6.61 Å². The van der Waals surface area contributed by atoms with E-state index in [0.29, 0.717) is 18.8 Å². The molecular formula is C26H50O2S. The van der Waals surface area contributed by atoms with Crippen LogP contribution < -0.4 is 0 Å². The van der Waals surface area contributed by atoms with Gasteiger partial charge in [-0.2, -0.15) is 12.6 Å². The molecule has 0 aliphatic heterocycles. The van der Waals surface area contributed by atoms with Crippen LogP contribution in [0, 0.1) is 0 Å². The van der Waals surface area contributed by atoms with Gasteiger partial charge in [-0.15, -0.1) is 0 Å². The van der Waals surface area contributed by atoms with Crippen LogP contribution in [-0.4, -0.2) is 18.3 Å². The average Bonchev–Trinajstić information content (AvgIpc) is 2.73. The monoisotopic (exact) mass is 426 g/mol. The maximum atomic E-state index is 11.3. The predicted molar refractivity (Wildman–Crippen MR) is 132 cm³/mol. The summed E-state index contributed by atoms with van der Waals surface area (Å²) in [5.74, 6) is 0.488. The maximum Gasteiger partial charge on any atom is 0.306 e. The molecule has 0 aromatic carbocycles. The molecule has 2 nitrogen and oxygen atoms in total. The summed E-state index contributed by atoms with van der Waals surface area (Å²) >= 11 is 4.02. The number of unbranched alkanes of at least 4 members (excludes halogenated alkanes) is 17. The van der Waals surface area contributed by atoms with Crippen molar-refractivity contribution in [2.24, 2.45) is 0 Å². The van der Waals surface area contributed by atoms with Crippen LogP contribution in [0.3, 0.4) is 0 Å². The van der Waals surface area contributed by atoms with E-state index in [1.54, 1.807) is 0 Å². The van der Waals surface area contributed by atoms with Gasteiger partial charge in [-0.3, -0.25) is 4.79 Å². The highest BCUT2D eigenvalue weighted by molar-refractivity contribution is 7.80. The van der Waals surface area contributed by atoms with Gasteiger partial charge in [0.15, 0.2) is 0 Å². The van der Waals surface area contributed by atoms with Crippen molar-refractivity contribution in [3.05, 3.63) is 12.2 Å². The lowest BCUT2D eigenvalue weighted by Crippen LogP contribution is -2.05. The van der Waals surface area contributed by atoms with Crippen molar-refractivity contribution < 1.29 is 9.53 Å². The molecule has 0 aromatic heterocycles. The Morgan fingerprint density at radius 1 is 0.655 bits per heavy atom. The normalized spacial score (nSPS) is 11.4. The van der Waals surface area contributed by atoms with Crippen LogP contribution in [0.25, 0.3) is 0 Å². The summed E-state index contributed by atoms with van der Waals surface area (Å²) < 4.78 is 4.99. The first-order chi connectivity index (χ1) is 14.3. The third-order valence-electron chi connectivity index (χ3n) is 5.51. The molecule has 172 valence electrons. The second-order valence-electron chi connectivity index (χ2n) is 8.40. The van der Waals surface area contributed by atoms with Crippen molar-refractivity contribution in [2.45, 2.75) is 135 Å². The number of hydrogen-bond acceptors (Lipinski definition) is 3. The Balaban J connectivity index is 3.11. The van der Waals surface area contributed by atoms with Crippen LogP contribution in [0.2, 0.25) is 0 Å². The molecule has 0 unspecified atom stereocenters. The second kappa shape index (κ2) is 25.6.